The monoisotopic (exact) mass is 310 g/mol. The van der Waals surface area contributed by atoms with E-state index in [0.717, 1.165) is 9.36 Å². The Morgan fingerprint density at radius 3 is 2.68 bits per heavy atom. The molecule has 2 aromatic carbocycles. The second-order valence-electron chi connectivity index (χ2n) is 4.75. The second kappa shape index (κ2) is 4.60. The standard InChI is InChI=1S/C15H10N4O2S/c20-22(21,19-10-18-15-13(19)8-16-9-17-15)14-7-3-5-11-4-1-2-6-12(11)14/h1-10H. The Labute approximate surface area is 126 Å². The molecule has 2 aromatic heterocycles. The summed E-state index contributed by atoms with van der Waals surface area (Å²) >= 11 is 0. The molecular formula is C15H10N4O2S. The number of benzene rings is 2. The maximum absolute atomic E-state index is 13.0. The molecule has 0 unspecified atom stereocenters. The summed E-state index contributed by atoms with van der Waals surface area (Å²) < 4.78 is 27.1. The molecule has 2 heterocycles. The van der Waals surface area contributed by atoms with Gasteiger partial charge in [0, 0.05) is 5.39 Å². The Kier molecular flexibility index (Phi) is 2.70. The fraction of sp³-hybridized carbons (Fsp3) is 0. The summed E-state index contributed by atoms with van der Waals surface area (Å²) in [6, 6.07) is 12.6. The third-order valence-electron chi connectivity index (χ3n) is 3.48. The first kappa shape index (κ1) is 12.9. The van der Waals surface area contributed by atoms with Crippen LogP contribution in [0.15, 0.2) is 66.2 Å². The number of aromatic nitrogens is 4. The van der Waals surface area contributed by atoms with E-state index in [9.17, 15) is 8.42 Å². The minimum atomic E-state index is -3.77. The van der Waals surface area contributed by atoms with E-state index in [2.05, 4.69) is 15.0 Å². The summed E-state index contributed by atoms with van der Waals surface area (Å²) in [7, 11) is -3.77. The Bertz CT molecular complexity index is 1100. The second-order valence-corrected chi connectivity index (χ2v) is 6.54. The highest BCUT2D eigenvalue weighted by atomic mass is 32.2. The zero-order valence-corrected chi connectivity index (χ0v) is 12.1. The molecule has 0 atom stereocenters. The van der Waals surface area contributed by atoms with Gasteiger partial charge in [-0.2, -0.15) is 0 Å². The molecule has 0 saturated heterocycles. The Morgan fingerprint density at radius 1 is 0.955 bits per heavy atom. The molecule has 0 saturated carbocycles. The van der Waals surface area contributed by atoms with Crippen LogP contribution in [0.25, 0.3) is 21.9 Å². The number of fused-ring (bicyclic) bond motifs is 2. The van der Waals surface area contributed by atoms with Crippen molar-refractivity contribution in [2.75, 3.05) is 0 Å². The summed E-state index contributed by atoms with van der Waals surface area (Å²) in [5.74, 6) is 0. The van der Waals surface area contributed by atoms with Gasteiger partial charge < -0.3 is 0 Å². The van der Waals surface area contributed by atoms with Crippen LogP contribution in [-0.2, 0) is 10.0 Å². The topological polar surface area (TPSA) is 77.7 Å². The molecule has 4 aromatic rings. The van der Waals surface area contributed by atoms with Crippen LogP contribution in [-0.4, -0.2) is 27.3 Å². The van der Waals surface area contributed by atoms with Crippen LogP contribution < -0.4 is 0 Å². The van der Waals surface area contributed by atoms with Crippen LogP contribution in [0, 0.1) is 0 Å². The van der Waals surface area contributed by atoms with Gasteiger partial charge in [0.05, 0.1) is 11.1 Å². The highest BCUT2D eigenvalue weighted by Crippen LogP contribution is 2.26. The molecule has 0 amide bonds. The van der Waals surface area contributed by atoms with Crippen molar-refractivity contribution in [3.63, 3.8) is 0 Å². The van der Waals surface area contributed by atoms with Crippen LogP contribution in [0.5, 0.6) is 0 Å². The van der Waals surface area contributed by atoms with E-state index < -0.39 is 10.0 Å². The average Bonchev–Trinajstić information content (AvgIpc) is 2.99. The number of nitrogens with zero attached hydrogens (tertiary/aromatic N) is 4. The van der Waals surface area contributed by atoms with Crippen molar-refractivity contribution in [3.8, 4) is 0 Å². The maximum atomic E-state index is 13.0. The van der Waals surface area contributed by atoms with Gasteiger partial charge in [-0.05, 0) is 11.5 Å². The number of hydrogen-bond donors (Lipinski definition) is 0. The van der Waals surface area contributed by atoms with Crippen molar-refractivity contribution in [3.05, 3.63) is 61.3 Å². The Morgan fingerprint density at radius 2 is 1.77 bits per heavy atom. The van der Waals surface area contributed by atoms with E-state index in [1.165, 1.54) is 18.9 Å². The van der Waals surface area contributed by atoms with Gasteiger partial charge in [0.2, 0.25) is 0 Å². The molecule has 108 valence electrons. The predicted molar refractivity (Wildman–Crippen MR) is 81.9 cm³/mol. The van der Waals surface area contributed by atoms with Gasteiger partial charge in [-0.1, -0.05) is 36.4 Å². The normalized spacial score (nSPS) is 12.0. The number of rotatable bonds is 2. The van der Waals surface area contributed by atoms with E-state index in [0.29, 0.717) is 16.6 Å². The first-order chi connectivity index (χ1) is 10.7. The molecule has 4 rings (SSSR count). The van der Waals surface area contributed by atoms with E-state index in [1.807, 2.05) is 24.3 Å². The molecule has 0 fully saturated rings. The summed E-state index contributed by atoms with van der Waals surface area (Å²) in [4.78, 5) is 12.1. The van der Waals surface area contributed by atoms with Crippen molar-refractivity contribution in [2.45, 2.75) is 4.90 Å². The summed E-state index contributed by atoms with van der Waals surface area (Å²) in [6.07, 6.45) is 4.04. The minimum absolute atomic E-state index is 0.230. The molecule has 0 aliphatic carbocycles. The van der Waals surface area contributed by atoms with Crippen LogP contribution in [0.4, 0.5) is 0 Å². The largest absolute Gasteiger partial charge is 0.270 e. The first-order valence-electron chi connectivity index (χ1n) is 6.54. The molecule has 0 aliphatic heterocycles. The first-order valence-corrected chi connectivity index (χ1v) is 7.98. The summed E-state index contributed by atoms with van der Waals surface area (Å²) in [6.45, 7) is 0. The SMILES string of the molecule is O=S(=O)(c1cccc2ccccc12)n1cnc2ncncc21. The van der Waals surface area contributed by atoms with E-state index in [-0.39, 0.29) is 4.90 Å². The lowest BCUT2D eigenvalue weighted by atomic mass is 10.1. The molecule has 22 heavy (non-hydrogen) atoms. The van der Waals surface area contributed by atoms with Crippen molar-refractivity contribution in [1.82, 2.24) is 18.9 Å². The van der Waals surface area contributed by atoms with Crippen molar-refractivity contribution < 1.29 is 8.42 Å². The zero-order chi connectivity index (χ0) is 15.2. The average molecular weight is 310 g/mol. The van der Waals surface area contributed by atoms with Gasteiger partial charge >= 0.3 is 0 Å². The van der Waals surface area contributed by atoms with E-state index in [4.69, 9.17) is 0 Å². The fourth-order valence-electron chi connectivity index (χ4n) is 2.46. The third-order valence-corrected chi connectivity index (χ3v) is 5.20. The lowest BCUT2D eigenvalue weighted by Gasteiger charge is -2.09. The Balaban J connectivity index is 2.05. The van der Waals surface area contributed by atoms with Crippen molar-refractivity contribution in [1.29, 1.82) is 0 Å². The van der Waals surface area contributed by atoms with Gasteiger partial charge in [0.1, 0.15) is 18.2 Å². The van der Waals surface area contributed by atoms with E-state index in [1.54, 1.807) is 18.2 Å². The van der Waals surface area contributed by atoms with Crippen LogP contribution in [0.1, 0.15) is 0 Å². The van der Waals surface area contributed by atoms with Crippen molar-refractivity contribution >= 4 is 32.0 Å². The van der Waals surface area contributed by atoms with Gasteiger partial charge in [-0.15, -0.1) is 0 Å². The molecule has 7 heteroatoms. The third kappa shape index (κ3) is 1.79. The quantitative estimate of drug-likeness (QED) is 0.567. The Hall–Kier alpha value is -2.80. The zero-order valence-electron chi connectivity index (χ0n) is 11.3. The van der Waals surface area contributed by atoms with Gasteiger partial charge in [-0.25, -0.2) is 27.3 Å². The minimum Gasteiger partial charge on any atom is -0.242 e. The molecule has 0 radical (unpaired) electrons. The van der Waals surface area contributed by atoms with Crippen molar-refractivity contribution in [2.24, 2.45) is 0 Å². The lowest BCUT2D eigenvalue weighted by molar-refractivity contribution is 0.589. The predicted octanol–water partition coefficient (Wildman–Crippen LogP) is 2.22. The molecular weight excluding hydrogens is 300 g/mol. The van der Waals surface area contributed by atoms with Gasteiger partial charge in [0.25, 0.3) is 10.0 Å². The molecule has 0 spiro atoms. The number of imidazole rings is 1. The molecule has 0 N–H and O–H groups in total. The molecule has 0 aliphatic rings. The number of hydrogen-bond acceptors (Lipinski definition) is 5. The summed E-state index contributed by atoms with van der Waals surface area (Å²) in [5, 5.41) is 1.54. The highest BCUT2D eigenvalue weighted by molar-refractivity contribution is 7.90. The van der Waals surface area contributed by atoms with E-state index >= 15 is 0 Å². The fourth-order valence-corrected chi connectivity index (χ4v) is 3.94. The van der Waals surface area contributed by atoms with Gasteiger partial charge in [0.15, 0.2) is 5.65 Å². The molecule has 0 bridgehead atoms. The highest BCUT2D eigenvalue weighted by Gasteiger charge is 2.22. The summed E-state index contributed by atoms with van der Waals surface area (Å²) in [5.41, 5.74) is 0.703. The maximum Gasteiger partial charge on any atom is 0.270 e. The van der Waals surface area contributed by atoms with Crippen LogP contribution >= 0.6 is 0 Å². The van der Waals surface area contributed by atoms with Gasteiger partial charge in [-0.3, -0.25) is 0 Å². The lowest BCUT2D eigenvalue weighted by Crippen LogP contribution is -2.12. The smallest absolute Gasteiger partial charge is 0.242 e. The molecule has 6 nitrogen and oxygen atoms in total. The van der Waals surface area contributed by atoms with Crippen LogP contribution in [0.3, 0.4) is 0 Å². The van der Waals surface area contributed by atoms with Crippen LogP contribution in [0.2, 0.25) is 0 Å².